The molecule has 0 radical (unpaired) electrons. The highest BCUT2D eigenvalue weighted by atomic mass is 31.2. The Kier molecular flexibility index (Phi) is 40.1. The van der Waals surface area contributed by atoms with Crippen LogP contribution in [0.25, 0.3) is 0 Å². The number of allylic oxidation sites excluding steroid dienone is 8. The van der Waals surface area contributed by atoms with Gasteiger partial charge in [-0.3, -0.25) is 14.1 Å². The number of carbonyl (C=O) groups is 2. The molecule has 0 spiro atoms. The van der Waals surface area contributed by atoms with Crippen LogP contribution in [0.5, 0.6) is 0 Å². The first kappa shape index (κ1) is 53.0. The smallest absolute Gasteiger partial charge is 0.462 e. The molecule has 0 aromatic carbocycles. The predicted octanol–water partition coefficient (Wildman–Crippen LogP) is 13.9. The number of carbonyl (C=O) groups excluding carboxylic acids is 2. The van der Waals surface area contributed by atoms with Crippen LogP contribution in [-0.4, -0.2) is 41.0 Å². The summed E-state index contributed by atoms with van der Waals surface area (Å²) in [6.07, 6.45) is 51.4. The predicted molar refractivity (Wildman–Crippen MR) is 230 cm³/mol. The van der Waals surface area contributed by atoms with Gasteiger partial charge in [-0.05, 0) is 70.6 Å². The zero-order chi connectivity index (χ0) is 40.3. The van der Waals surface area contributed by atoms with E-state index in [1.54, 1.807) is 0 Å². The minimum atomic E-state index is -4.77. The van der Waals surface area contributed by atoms with E-state index in [0.717, 1.165) is 70.6 Å². The van der Waals surface area contributed by atoms with Crippen LogP contribution in [-0.2, 0) is 28.2 Å². The molecule has 0 bridgehead atoms. The van der Waals surface area contributed by atoms with Gasteiger partial charge in [-0.15, -0.1) is 0 Å². The van der Waals surface area contributed by atoms with Crippen LogP contribution in [0.4, 0.5) is 0 Å². The van der Waals surface area contributed by atoms with E-state index in [0.29, 0.717) is 12.8 Å². The second-order valence-corrected chi connectivity index (χ2v) is 16.2. The molecule has 320 valence electrons. The molecule has 1 atom stereocenters. The van der Waals surface area contributed by atoms with E-state index in [4.69, 9.17) is 19.3 Å². The maximum atomic E-state index is 12.4. The van der Waals surface area contributed by atoms with Crippen molar-refractivity contribution in [2.75, 3.05) is 13.2 Å². The van der Waals surface area contributed by atoms with Crippen molar-refractivity contribution in [3.8, 4) is 0 Å². The summed E-state index contributed by atoms with van der Waals surface area (Å²) >= 11 is 0. The summed E-state index contributed by atoms with van der Waals surface area (Å²) in [7, 11) is -4.77. The standard InChI is InChI=1S/C46H83O8P/c1-3-5-7-9-11-13-15-17-19-20-21-22-23-24-25-26-27-29-30-32-34-36-38-40-45(47)52-42-44(43-53-55(49,50)51)54-46(48)41-39-37-35-33-31-28-18-16-14-12-10-8-6-4-2/h10,12,16,18,26-27,32,34,44H,3-9,11,13-15,17,19-25,28-31,33,35-43H2,1-2H3,(H2,49,50,51)/b12-10+,18-16+,27-26+,34-32+/t44-/m1/s1. The number of phosphoric ester groups is 1. The van der Waals surface area contributed by atoms with Crippen molar-refractivity contribution in [2.45, 2.75) is 219 Å². The summed E-state index contributed by atoms with van der Waals surface area (Å²) in [5.74, 6) is -0.949. The highest BCUT2D eigenvalue weighted by molar-refractivity contribution is 7.46. The van der Waals surface area contributed by atoms with Gasteiger partial charge in [0.05, 0.1) is 6.61 Å². The number of rotatable bonds is 41. The molecule has 0 rings (SSSR count). The number of phosphoric acid groups is 1. The van der Waals surface area contributed by atoms with E-state index in [1.807, 2.05) is 0 Å². The quantitative estimate of drug-likeness (QED) is 0.0272. The largest absolute Gasteiger partial charge is 0.469 e. The number of esters is 2. The van der Waals surface area contributed by atoms with Gasteiger partial charge in [0.25, 0.3) is 0 Å². The van der Waals surface area contributed by atoms with E-state index in [2.05, 4.69) is 67.0 Å². The first-order chi connectivity index (χ1) is 26.8. The van der Waals surface area contributed by atoms with Crippen LogP contribution >= 0.6 is 7.82 Å². The highest BCUT2D eigenvalue weighted by Crippen LogP contribution is 2.36. The first-order valence-electron chi connectivity index (χ1n) is 22.4. The van der Waals surface area contributed by atoms with Crippen molar-refractivity contribution in [1.82, 2.24) is 0 Å². The van der Waals surface area contributed by atoms with Crippen molar-refractivity contribution >= 4 is 19.8 Å². The Morgan fingerprint density at radius 2 is 0.873 bits per heavy atom. The second kappa shape index (κ2) is 41.6. The van der Waals surface area contributed by atoms with Crippen LogP contribution in [0.15, 0.2) is 48.6 Å². The zero-order valence-electron chi connectivity index (χ0n) is 35.3. The topological polar surface area (TPSA) is 119 Å². The summed E-state index contributed by atoms with van der Waals surface area (Å²) in [5.41, 5.74) is 0. The monoisotopic (exact) mass is 795 g/mol. The summed E-state index contributed by atoms with van der Waals surface area (Å²) in [6, 6.07) is 0. The van der Waals surface area contributed by atoms with E-state index in [-0.39, 0.29) is 19.4 Å². The Bertz CT molecular complexity index is 1030. The fourth-order valence-electron chi connectivity index (χ4n) is 6.17. The molecule has 0 heterocycles. The summed E-state index contributed by atoms with van der Waals surface area (Å²) in [4.78, 5) is 42.8. The normalized spacial score (nSPS) is 12.9. The van der Waals surface area contributed by atoms with Crippen LogP contribution in [0.1, 0.15) is 213 Å². The molecule has 2 N–H and O–H groups in total. The van der Waals surface area contributed by atoms with Gasteiger partial charge in [-0.1, -0.05) is 178 Å². The molecule has 0 saturated carbocycles. The molecule has 0 amide bonds. The van der Waals surface area contributed by atoms with E-state index >= 15 is 0 Å². The number of ether oxygens (including phenoxy) is 2. The third kappa shape index (κ3) is 44.6. The molecule has 8 nitrogen and oxygen atoms in total. The Morgan fingerprint density at radius 1 is 0.473 bits per heavy atom. The lowest BCUT2D eigenvalue weighted by atomic mass is 10.0. The molecule has 0 aliphatic carbocycles. The van der Waals surface area contributed by atoms with Gasteiger partial charge in [0.2, 0.25) is 0 Å². The summed E-state index contributed by atoms with van der Waals surface area (Å²) < 4.78 is 26.3. The molecule has 0 saturated heterocycles. The molecule has 0 aliphatic heterocycles. The van der Waals surface area contributed by atoms with Gasteiger partial charge in [0.1, 0.15) is 6.61 Å². The first-order valence-corrected chi connectivity index (χ1v) is 24.0. The molecule has 0 aromatic heterocycles. The molecule has 9 heteroatoms. The summed E-state index contributed by atoms with van der Waals surface area (Å²) in [6.45, 7) is 3.61. The molecular weight excluding hydrogens is 711 g/mol. The molecule has 0 aliphatic rings. The van der Waals surface area contributed by atoms with Gasteiger partial charge >= 0.3 is 19.8 Å². The summed E-state index contributed by atoms with van der Waals surface area (Å²) in [5, 5.41) is 0. The maximum Gasteiger partial charge on any atom is 0.469 e. The van der Waals surface area contributed by atoms with Crippen molar-refractivity contribution in [1.29, 1.82) is 0 Å². The van der Waals surface area contributed by atoms with Gasteiger partial charge in [-0.25, -0.2) is 4.57 Å². The third-order valence-corrected chi connectivity index (χ3v) is 10.0. The Morgan fingerprint density at radius 3 is 1.38 bits per heavy atom. The molecule has 0 fully saturated rings. The number of unbranched alkanes of at least 4 members (excludes halogenated alkanes) is 23. The van der Waals surface area contributed by atoms with Crippen molar-refractivity contribution in [2.24, 2.45) is 0 Å². The SMILES string of the molecule is CCCC/C=C/C/C=C/CCCCCCCC(=O)O[C@H](COC(=O)CCC/C=C/CC/C=C/CCCCCCCCCCCCCCCC)COP(=O)(O)O. The lowest BCUT2D eigenvalue weighted by Crippen LogP contribution is -2.29. The van der Waals surface area contributed by atoms with Crippen LogP contribution in [0.2, 0.25) is 0 Å². The third-order valence-electron chi connectivity index (χ3n) is 9.55. The highest BCUT2D eigenvalue weighted by Gasteiger charge is 2.22. The van der Waals surface area contributed by atoms with Crippen molar-refractivity contribution in [3.63, 3.8) is 0 Å². The molecule has 0 unspecified atom stereocenters. The lowest BCUT2D eigenvalue weighted by Gasteiger charge is -2.18. The molecule has 55 heavy (non-hydrogen) atoms. The van der Waals surface area contributed by atoms with Crippen molar-refractivity contribution in [3.05, 3.63) is 48.6 Å². The van der Waals surface area contributed by atoms with Gasteiger partial charge in [0.15, 0.2) is 6.10 Å². The molecular formula is C46H83O8P. The average Bonchev–Trinajstić information content (AvgIpc) is 3.16. The van der Waals surface area contributed by atoms with Crippen LogP contribution in [0, 0.1) is 0 Å². The average molecular weight is 795 g/mol. The second-order valence-electron chi connectivity index (χ2n) is 15.0. The Balaban J connectivity index is 3.92. The zero-order valence-corrected chi connectivity index (χ0v) is 36.2. The number of hydrogen-bond donors (Lipinski definition) is 2. The Hall–Kier alpha value is -1.99. The van der Waals surface area contributed by atoms with Gasteiger partial charge < -0.3 is 19.3 Å². The lowest BCUT2D eigenvalue weighted by molar-refractivity contribution is -0.161. The minimum absolute atomic E-state index is 0.187. The minimum Gasteiger partial charge on any atom is -0.462 e. The van der Waals surface area contributed by atoms with Crippen LogP contribution < -0.4 is 0 Å². The van der Waals surface area contributed by atoms with Crippen molar-refractivity contribution < 1.29 is 37.9 Å². The van der Waals surface area contributed by atoms with E-state index in [9.17, 15) is 14.2 Å². The Labute approximate surface area is 337 Å². The fourth-order valence-corrected chi connectivity index (χ4v) is 6.54. The maximum absolute atomic E-state index is 12.4. The van der Waals surface area contributed by atoms with Crippen LogP contribution in [0.3, 0.4) is 0 Å². The molecule has 0 aromatic rings. The fraction of sp³-hybridized carbons (Fsp3) is 0.783. The number of hydrogen-bond acceptors (Lipinski definition) is 6. The van der Waals surface area contributed by atoms with Gasteiger partial charge in [0, 0.05) is 12.8 Å². The van der Waals surface area contributed by atoms with E-state index in [1.165, 1.54) is 103 Å². The van der Waals surface area contributed by atoms with E-state index < -0.39 is 32.5 Å². The van der Waals surface area contributed by atoms with Gasteiger partial charge in [-0.2, -0.15) is 0 Å².